The Morgan fingerprint density at radius 1 is 0.922 bits per heavy atom. The zero-order valence-electron chi connectivity index (χ0n) is 28.0. The third-order valence-electron chi connectivity index (χ3n) is 9.63. The van der Waals surface area contributed by atoms with Crippen LogP contribution in [0.3, 0.4) is 0 Å². The Bertz CT molecular complexity index is 2050. The van der Waals surface area contributed by atoms with Gasteiger partial charge in [0.05, 0.1) is 16.8 Å². The van der Waals surface area contributed by atoms with E-state index in [4.69, 9.17) is 14.7 Å². The lowest BCUT2D eigenvalue weighted by Crippen LogP contribution is -2.54. The minimum Gasteiger partial charge on any atom is -0.490 e. The fourth-order valence-corrected chi connectivity index (χ4v) is 6.60. The van der Waals surface area contributed by atoms with Gasteiger partial charge in [-0.05, 0) is 66.1 Å². The lowest BCUT2D eigenvalue weighted by Gasteiger charge is -2.36. The van der Waals surface area contributed by atoms with Crippen molar-refractivity contribution in [3.05, 3.63) is 107 Å². The van der Waals surface area contributed by atoms with Gasteiger partial charge >= 0.3 is 0 Å². The molecule has 3 heterocycles. The van der Waals surface area contributed by atoms with E-state index in [1.165, 1.54) is 0 Å². The second kappa shape index (κ2) is 13.5. The molecule has 3 aliphatic rings. The van der Waals surface area contributed by atoms with Gasteiger partial charge < -0.3 is 14.8 Å². The molecule has 1 saturated carbocycles. The van der Waals surface area contributed by atoms with E-state index in [-0.39, 0.29) is 54.1 Å². The first kappa shape index (κ1) is 33.2. The lowest BCUT2D eigenvalue weighted by molar-refractivity contribution is -0.136. The molecule has 258 valence electrons. The highest BCUT2D eigenvalue weighted by Gasteiger charge is 2.44. The first-order valence-electron chi connectivity index (χ1n) is 16.7. The quantitative estimate of drug-likeness (QED) is 0.113. The smallest absolute Gasteiger partial charge is 0.262 e. The van der Waals surface area contributed by atoms with Gasteiger partial charge in [-0.2, -0.15) is 5.26 Å². The highest BCUT2D eigenvalue weighted by atomic mass is 16.5. The topological polar surface area (TPSA) is 176 Å². The van der Waals surface area contributed by atoms with Gasteiger partial charge in [-0.1, -0.05) is 38.1 Å². The number of hydrogen-bond donors (Lipinski definition) is 3. The number of hydrogen-bond acceptors (Lipinski definition) is 11. The summed E-state index contributed by atoms with van der Waals surface area (Å²) in [7, 11) is 0. The number of nitrogens with one attached hydrogen (secondary N) is 3. The molecule has 4 amide bonds. The van der Waals surface area contributed by atoms with Crippen molar-refractivity contribution >= 4 is 35.3 Å². The summed E-state index contributed by atoms with van der Waals surface area (Å²) in [4.78, 5) is 59.2. The Morgan fingerprint density at radius 3 is 2.29 bits per heavy atom. The minimum absolute atomic E-state index is 0.0334. The van der Waals surface area contributed by atoms with E-state index in [1.54, 1.807) is 36.7 Å². The van der Waals surface area contributed by atoms with Crippen LogP contribution in [0.5, 0.6) is 11.5 Å². The van der Waals surface area contributed by atoms with Crippen molar-refractivity contribution in [2.45, 2.75) is 69.7 Å². The monoisotopic (exact) mass is 685 g/mol. The van der Waals surface area contributed by atoms with Crippen molar-refractivity contribution in [3.63, 3.8) is 0 Å². The maximum atomic E-state index is 13.2. The molecule has 2 aliphatic heterocycles. The summed E-state index contributed by atoms with van der Waals surface area (Å²) in [6.45, 7) is 4.58. The Labute approximate surface area is 294 Å². The molecular weight excluding hydrogens is 650 g/mol. The van der Waals surface area contributed by atoms with Crippen LogP contribution in [0.2, 0.25) is 0 Å². The molecule has 13 heteroatoms. The predicted molar refractivity (Wildman–Crippen MR) is 185 cm³/mol. The zero-order valence-corrected chi connectivity index (χ0v) is 28.0. The SMILES string of the molecule is CC(C)(c1ccc(OCc2ccnc(NC#N)n2)cc1)c1ccc(OC2CC(Nc3ccc4c(c3)C(=O)N(C3CCC(=O)NC3=O)C4=O)C2)cc1. The summed E-state index contributed by atoms with van der Waals surface area (Å²) >= 11 is 0. The predicted octanol–water partition coefficient (Wildman–Crippen LogP) is 4.70. The Hall–Kier alpha value is -6.29. The molecule has 51 heavy (non-hydrogen) atoms. The van der Waals surface area contributed by atoms with E-state index in [9.17, 15) is 19.2 Å². The molecule has 1 unspecified atom stereocenters. The number of nitrogens with zero attached hydrogens (tertiary/aromatic N) is 4. The summed E-state index contributed by atoms with van der Waals surface area (Å²) in [5, 5.41) is 16.8. The van der Waals surface area contributed by atoms with Crippen LogP contribution in [0.15, 0.2) is 79.0 Å². The molecule has 0 bridgehead atoms. The molecule has 0 radical (unpaired) electrons. The summed E-state index contributed by atoms with van der Waals surface area (Å²) in [6, 6.07) is 22.0. The first-order chi connectivity index (χ1) is 24.6. The Morgan fingerprint density at radius 2 is 1.61 bits per heavy atom. The number of nitriles is 1. The fourth-order valence-electron chi connectivity index (χ4n) is 6.60. The van der Waals surface area contributed by atoms with Crippen LogP contribution < -0.4 is 25.4 Å². The van der Waals surface area contributed by atoms with Gasteiger partial charge in [-0.25, -0.2) is 9.97 Å². The van der Waals surface area contributed by atoms with E-state index in [0.717, 1.165) is 34.6 Å². The number of imide groups is 2. The third kappa shape index (κ3) is 6.81. The van der Waals surface area contributed by atoms with E-state index < -0.39 is 29.7 Å². The van der Waals surface area contributed by atoms with Crippen molar-refractivity contribution in [1.29, 1.82) is 5.26 Å². The van der Waals surface area contributed by atoms with Gasteiger partial charge in [0.15, 0.2) is 6.19 Å². The number of ether oxygens (including phenoxy) is 2. The van der Waals surface area contributed by atoms with Crippen LogP contribution in [0.4, 0.5) is 11.6 Å². The van der Waals surface area contributed by atoms with Crippen LogP contribution >= 0.6 is 0 Å². The molecular formula is C38H35N7O6. The molecule has 4 aromatic rings. The molecule has 1 aromatic heterocycles. The standard InChI is InChI=1S/C38H35N7O6/c1-38(2,22-3-8-27(9-4-22)50-20-25-15-16-40-37(43-25)41-21-39)23-5-10-28(11-6-23)51-29-17-26(18-29)42-24-7-12-30-31(19-24)36(49)45(35(30)48)32-13-14-33(46)44-34(32)47/h3-12,15-16,19,26,29,32,42H,13-14,17-18,20H2,1-2H3,(H,40,41,43)(H,44,46,47). The van der Waals surface area contributed by atoms with Crippen LogP contribution in [0.1, 0.15) is 77.1 Å². The van der Waals surface area contributed by atoms with Crippen LogP contribution in [0.25, 0.3) is 0 Å². The van der Waals surface area contributed by atoms with E-state index >= 15 is 0 Å². The zero-order chi connectivity index (χ0) is 35.7. The van der Waals surface area contributed by atoms with Gasteiger partial charge in [-0.3, -0.25) is 34.7 Å². The number of anilines is 2. The van der Waals surface area contributed by atoms with Crippen molar-refractivity contribution in [2.24, 2.45) is 0 Å². The van der Waals surface area contributed by atoms with Gasteiger partial charge in [0.1, 0.15) is 30.3 Å². The summed E-state index contributed by atoms with van der Waals surface area (Å²) in [5.41, 5.74) is 3.86. The molecule has 1 aliphatic carbocycles. The lowest BCUT2D eigenvalue weighted by atomic mass is 9.78. The summed E-state index contributed by atoms with van der Waals surface area (Å²) < 4.78 is 12.1. The number of amides is 4. The maximum absolute atomic E-state index is 13.2. The Balaban J connectivity index is 0.899. The number of aromatic nitrogens is 2. The molecule has 13 nitrogen and oxygen atoms in total. The second-order valence-corrected chi connectivity index (χ2v) is 13.3. The van der Waals surface area contributed by atoms with Gasteiger partial charge in [0.25, 0.3) is 11.8 Å². The van der Waals surface area contributed by atoms with Crippen LogP contribution in [-0.4, -0.2) is 56.7 Å². The average Bonchev–Trinajstić information content (AvgIpc) is 3.35. The highest BCUT2D eigenvalue weighted by molar-refractivity contribution is 6.23. The van der Waals surface area contributed by atoms with Crippen molar-refractivity contribution in [1.82, 2.24) is 20.2 Å². The van der Waals surface area contributed by atoms with E-state index in [2.05, 4.69) is 51.9 Å². The summed E-state index contributed by atoms with van der Waals surface area (Å²) in [6.07, 6.45) is 5.14. The molecule has 2 fully saturated rings. The number of carbonyl (C=O) groups is 4. The van der Waals surface area contributed by atoms with Crippen molar-refractivity contribution in [3.8, 4) is 17.7 Å². The van der Waals surface area contributed by atoms with Gasteiger partial charge in [0, 0.05) is 42.6 Å². The van der Waals surface area contributed by atoms with Crippen molar-refractivity contribution < 1.29 is 28.7 Å². The van der Waals surface area contributed by atoms with Gasteiger partial charge in [-0.15, -0.1) is 0 Å². The number of carbonyl (C=O) groups excluding carboxylic acids is 4. The molecule has 0 spiro atoms. The number of rotatable bonds is 11. The molecule has 3 N–H and O–H groups in total. The average molecular weight is 686 g/mol. The minimum atomic E-state index is -0.990. The molecule has 7 rings (SSSR count). The van der Waals surface area contributed by atoms with E-state index in [1.807, 2.05) is 36.4 Å². The molecule has 1 atom stereocenters. The fraction of sp³-hybridized carbons (Fsp3) is 0.289. The summed E-state index contributed by atoms with van der Waals surface area (Å²) in [5.74, 6) is -0.356. The maximum Gasteiger partial charge on any atom is 0.262 e. The third-order valence-corrected chi connectivity index (χ3v) is 9.63. The van der Waals surface area contributed by atoms with E-state index in [0.29, 0.717) is 17.1 Å². The Kier molecular flexibility index (Phi) is 8.83. The number of piperidine rings is 1. The largest absolute Gasteiger partial charge is 0.490 e. The first-order valence-corrected chi connectivity index (χ1v) is 16.7. The number of fused-ring (bicyclic) bond motifs is 1. The highest BCUT2D eigenvalue weighted by Crippen LogP contribution is 2.36. The molecule has 3 aromatic carbocycles. The molecule has 1 saturated heterocycles. The second-order valence-electron chi connectivity index (χ2n) is 13.3. The van der Waals surface area contributed by atoms with Crippen molar-refractivity contribution in [2.75, 3.05) is 10.6 Å². The van der Waals surface area contributed by atoms with Crippen LogP contribution in [-0.2, 0) is 21.6 Å². The van der Waals surface area contributed by atoms with Gasteiger partial charge in [0.2, 0.25) is 17.8 Å². The normalized spacial score (nSPS) is 19.8. The van der Waals surface area contributed by atoms with Crippen LogP contribution in [0, 0.1) is 11.5 Å². The number of benzene rings is 3.